The summed E-state index contributed by atoms with van der Waals surface area (Å²) in [4.78, 5) is 4.07. The Bertz CT molecular complexity index is 532. The monoisotopic (exact) mass is 357 g/mol. The van der Waals surface area contributed by atoms with Crippen LogP contribution in [0.4, 0.5) is 0 Å². The molecular weight excluding hydrogens is 337 g/mol. The van der Waals surface area contributed by atoms with Crippen LogP contribution in [0, 0.1) is 6.92 Å². The Morgan fingerprint density at radius 1 is 1.27 bits per heavy atom. The van der Waals surface area contributed by atoms with Gasteiger partial charge in [-0.15, -0.1) is 0 Å². The summed E-state index contributed by atoms with van der Waals surface area (Å²) in [7, 11) is 1.54. The summed E-state index contributed by atoms with van der Waals surface area (Å²) in [5.74, 6) is 0.447. The molecule has 1 heterocycles. The molecule has 0 amide bonds. The van der Waals surface area contributed by atoms with Crippen LogP contribution in [0.3, 0.4) is 0 Å². The van der Waals surface area contributed by atoms with Crippen molar-refractivity contribution in [3.8, 4) is 5.88 Å². The van der Waals surface area contributed by atoms with Gasteiger partial charge in [-0.05, 0) is 29.8 Å². The molecule has 1 aromatic heterocycles. The molecule has 0 saturated carbocycles. The van der Waals surface area contributed by atoms with E-state index in [1.165, 1.54) is 6.42 Å². The molecule has 1 atom stereocenters. The zero-order chi connectivity index (χ0) is 15.7. The van der Waals surface area contributed by atoms with E-state index in [-0.39, 0.29) is 18.9 Å². The van der Waals surface area contributed by atoms with Crippen LogP contribution in [-0.2, 0) is 0 Å². The van der Waals surface area contributed by atoms with Gasteiger partial charge in [-0.2, -0.15) is 6.42 Å². The molecule has 0 aliphatic heterocycles. The summed E-state index contributed by atoms with van der Waals surface area (Å²) in [5, 5.41) is 10.3. The van der Waals surface area contributed by atoms with Crippen LogP contribution in [0.5, 0.6) is 5.88 Å². The molecule has 0 radical (unpaired) electrons. The number of methoxy groups -OCH3 is 1. The van der Waals surface area contributed by atoms with Crippen molar-refractivity contribution in [2.45, 2.75) is 25.9 Å². The molecule has 1 N–H and O–H groups in total. The van der Waals surface area contributed by atoms with Gasteiger partial charge in [-0.1, -0.05) is 41.4 Å². The van der Waals surface area contributed by atoms with Crippen LogP contribution in [0.15, 0.2) is 47.1 Å². The Labute approximate surface area is 153 Å². The van der Waals surface area contributed by atoms with Gasteiger partial charge in [-0.25, -0.2) is 4.98 Å². The molecule has 2 rings (SSSR count). The summed E-state index contributed by atoms with van der Waals surface area (Å²) in [6.07, 6.45) is 3.18. The maximum atomic E-state index is 10.3. The summed E-state index contributed by atoms with van der Waals surface area (Å²) in [5.41, 5.74) is 1.47. The number of ether oxygens (including phenoxy) is 1. The van der Waals surface area contributed by atoms with Crippen LogP contribution in [0.25, 0.3) is 0 Å². The Morgan fingerprint density at radius 3 is 2.36 bits per heavy atom. The Balaban J connectivity index is 0.000000791. The van der Waals surface area contributed by atoms with Crippen molar-refractivity contribution in [1.82, 2.24) is 4.98 Å². The number of halogens is 1. The first kappa shape index (κ1) is 21.2. The molecule has 0 saturated heterocycles. The average Bonchev–Trinajstić information content (AvgIpc) is 2.55. The fourth-order valence-corrected chi connectivity index (χ4v) is 1.87. The van der Waals surface area contributed by atoms with E-state index in [0.717, 1.165) is 16.5 Å². The van der Waals surface area contributed by atoms with Crippen LogP contribution < -0.4 is 23.6 Å². The third-order valence-electron chi connectivity index (χ3n) is 2.83. The molecule has 2 aromatic rings. The maximum absolute atomic E-state index is 10.3. The third-order valence-corrected chi connectivity index (χ3v) is 3.36. The number of aliphatic hydroxyl groups is 1. The summed E-state index contributed by atoms with van der Waals surface area (Å²) in [6.45, 7) is 5.72. The number of rotatable bonds is 4. The number of hydrogen-bond donors (Lipinski definition) is 1. The smallest absolute Gasteiger partial charge is 0.481 e. The Hall–Kier alpha value is -0.793. The number of aliphatic hydroxyl groups excluding tert-OH is 1. The van der Waals surface area contributed by atoms with E-state index in [9.17, 15) is 5.11 Å². The van der Waals surface area contributed by atoms with Gasteiger partial charge in [0.2, 0.25) is 5.88 Å². The van der Waals surface area contributed by atoms with Gasteiger partial charge in [0.25, 0.3) is 0 Å². The number of pyridine rings is 1. The Morgan fingerprint density at radius 2 is 1.86 bits per heavy atom. The predicted octanol–water partition coefficient (Wildman–Crippen LogP) is 1.56. The van der Waals surface area contributed by atoms with E-state index >= 15 is 0 Å². The number of hydrogen-bond acceptors (Lipinski definition) is 3. The minimum atomic E-state index is -0.730. The molecule has 22 heavy (non-hydrogen) atoms. The maximum Gasteiger partial charge on any atom is 1.00 e. The minimum absolute atomic E-state index is 0. The molecular formula is C17H21BrLiNO2. The van der Waals surface area contributed by atoms with Crippen LogP contribution in [0.2, 0.25) is 0 Å². The molecule has 3 nitrogen and oxygen atoms in total. The van der Waals surface area contributed by atoms with Gasteiger partial charge in [0, 0.05) is 16.2 Å². The van der Waals surface area contributed by atoms with Crippen LogP contribution in [0.1, 0.15) is 37.0 Å². The second kappa shape index (κ2) is 11.7. The molecule has 0 aliphatic carbocycles. The summed E-state index contributed by atoms with van der Waals surface area (Å²) in [6, 6.07) is 11.1. The summed E-state index contributed by atoms with van der Waals surface area (Å²) >= 11 is 3.36. The Kier molecular flexibility index (Phi) is 11.3. The summed E-state index contributed by atoms with van der Waals surface area (Å²) < 4.78 is 6.11. The first-order chi connectivity index (χ1) is 10.1. The zero-order valence-electron chi connectivity index (χ0n) is 13.4. The van der Waals surface area contributed by atoms with Crippen molar-refractivity contribution in [3.05, 3.63) is 65.1 Å². The molecule has 0 bridgehead atoms. The minimum Gasteiger partial charge on any atom is -0.481 e. The topological polar surface area (TPSA) is 42.4 Å². The van der Waals surface area contributed by atoms with E-state index in [0.29, 0.717) is 11.4 Å². The standard InChI is InChI=1S/C13H12BrNO2.C4H9.Li/c1-17-13-11(3-2-8-15-13)12(16)9-4-6-10(14)7-5-9;1-3-4-2;/h2-8,12,16H,1H3;1,3-4H2,2H3;/q;-1;+1. The number of benzene rings is 1. The van der Waals surface area contributed by atoms with Crippen LogP contribution >= 0.6 is 15.9 Å². The van der Waals surface area contributed by atoms with Crippen molar-refractivity contribution in [2.75, 3.05) is 7.11 Å². The van der Waals surface area contributed by atoms with E-state index in [4.69, 9.17) is 4.74 Å². The fourth-order valence-electron chi connectivity index (χ4n) is 1.61. The van der Waals surface area contributed by atoms with E-state index in [1.807, 2.05) is 24.3 Å². The normalized spacial score (nSPS) is 10.8. The second-order valence-corrected chi connectivity index (χ2v) is 5.33. The fraction of sp³-hybridized carbons (Fsp3) is 0.294. The SMILES string of the molecule is COc1ncccc1C(O)c1ccc(Br)cc1.[CH2-]CCC.[Li+]. The van der Waals surface area contributed by atoms with Gasteiger partial charge in [0.15, 0.2) is 0 Å². The number of aromatic nitrogens is 1. The molecule has 0 spiro atoms. The molecule has 0 aliphatic rings. The van der Waals surface area contributed by atoms with E-state index in [1.54, 1.807) is 25.4 Å². The van der Waals surface area contributed by atoms with Gasteiger partial charge in [0.05, 0.1) is 7.11 Å². The molecule has 0 fully saturated rings. The number of unbranched alkanes of at least 4 members (excludes halogenated alkanes) is 1. The van der Waals surface area contributed by atoms with Crippen molar-refractivity contribution < 1.29 is 28.7 Å². The van der Waals surface area contributed by atoms with Gasteiger partial charge in [0.1, 0.15) is 6.10 Å². The molecule has 5 heteroatoms. The van der Waals surface area contributed by atoms with Crippen LogP contribution in [-0.4, -0.2) is 17.2 Å². The predicted molar refractivity (Wildman–Crippen MR) is 89.3 cm³/mol. The van der Waals surface area contributed by atoms with Crippen molar-refractivity contribution in [1.29, 1.82) is 0 Å². The first-order valence-electron chi connectivity index (χ1n) is 6.85. The van der Waals surface area contributed by atoms with Gasteiger partial charge in [-0.3, -0.25) is 0 Å². The van der Waals surface area contributed by atoms with Gasteiger partial charge < -0.3 is 16.8 Å². The number of nitrogens with zero attached hydrogens (tertiary/aromatic N) is 1. The third kappa shape index (κ3) is 6.54. The average molecular weight is 358 g/mol. The largest absolute Gasteiger partial charge is 1.00 e. The van der Waals surface area contributed by atoms with Gasteiger partial charge >= 0.3 is 18.9 Å². The zero-order valence-corrected chi connectivity index (χ0v) is 15.0. The second-order valence-electron chi connectivity index (χ2n) is 4.41. The van der Waals surface area contributed by atoms with Crippen molar-refractivity contribution in [2.24, 2.45) is 0 Å². The first-order valence-corrected chi connectivity index (χ1v) is 7.65. The van der Waals surface area contributed by atoms with E-state index in [2.05, 4.69) is 34.8 Å². The molecule has 1 unspecified atom stereocenters. The quantitative estimate of drug-likeness (QED) is 0.666. The molecule has 114 valence electrons. The molecule has 1 aromatic carbocycles. The van der Waals surface area contributed by atoms with E-state index < -0.39 is 6.10 Å². The van der Waals surface area contributed by atoms with Crippen molar-refractivity contribution in [3.63, 3.8) is 0 Å². The van der Waals surface area contributed by atoms with Crippen molar-refractivity contribution >= 4 is 15.9 Å².